The number of benzene rings is 3. The summed E-state index contributed by atoms with van der Waals surface area (Å²) in [6.45, 7) is 5.76. The average molecular weight is 485 g/mol. The zero-order valence-corrected chi connectivity index (χ0v) is 20.3. The van der Waals surface area contributed by atoms with E-state index in [4.69, 9.17) is 4.98 Å². The number of carbonyl (C=O) groups is 1. The lowest BCUT2D eigenvalue weighted by Crippen LogP contribution is -2.48. The number of imidazole rings is 1. The van der Waals surface area contributed by atoms with Crippen molar-refractivity contribution >= 4 is 32.4 Å². The van der Waals surface area contributed by atoms with Crippen LogP contribution in [0.25, 0.3) is 26.4 Å². The van der Waals surface area contributed by atoms with Crippen molar-refractivity contribution in [1.82, 2.24) is 19.2 Å². The summed E-state index contributed by atoms with van der Waals surface area (Å²) in [5.74, 6) is -0.167. The molecular formula is C28H25FN4OS. The van der Waals surface area contributed by atoms with E-state index in [9.17, 15) is 9.18 Å². The van der Waals surface area contributed by atoms with Crippen LogP contribution in [-0.2, 0) is 6.54 Å². The molecular weight excluding hydrogens is 459 g/mol. The quantitative estimate of drug-likeness (QED) is 0.332. The second-order valence-electron chi connectivity index (χ2n) is 9.04. The third-order valence-corrected chi connectivity index (χ3v) is 7.67. The number of amides is 1. The molecule has 1 amide bonds. The van der Waals surface area contributed by atoms with Crippen molar-refractivity contribution in [3.05, 3.63) is 95.4 Å². The van der Waals surface area contributed by atoms with E-state index >= 15 is 0 Å². The number of aromatic nitrogens is 2. The fourth-order valence-corrected chi connectivity index (χ4v) is 5.95. The number of rotatable bonds is 4. The molecule has 0 aliphatic carbocycles. The molecule has 1 aliphatic rings. The molecule has 0 saturated carbocycles. The Morgan fingerprint density at radius 1 is 0.971 bits per heavy atom. The second kappa shape index (κ2) is 8.91. The molecule has 0 unspecified atom stereocenters. The second-order valence-corrected chi connectivity index (χ2v) is 10.0. The average Bonchev–Trinajstić information content (AvgIpc) is 3.41. The SMILES string of the molecule is Cc1ccc2c(c1)sc1nc(-c3ccc(F)cc3)c(CN3CCN(C(=O)c4ccccc4)CC3)n12. The maximum atomic E-state index is 13.6. The van der Waals surface area contributed by atoms with E-state index in [-0.39, 0.29) is 11.7 Å². The highest BCUT2D eigenvalue weighted by atomic mass is 32.1. The van der Waals surface area contributed by atoms with Gasteiger partial charge in [-0.15, -0.1) is 0 Å². The monoisotopic (exact) mass is 484 g/mol. The number of hydrogen-bond donors (Lipinski definition) is 0. The van der Waals surface area contributed by atoms with Crippen LogP contribution in [-0.4, -0.2) is 51.3 Å². The Kier molecular flexibility index (Phi) is 5.59. The summed E-state index contributed by atoms with van der Waals surface area (Å²) >= 11 is 1.68. The first-order valence-electron chi connectivity index (χ1n) is 11.8. The lowest BCUT2D eigenvalue weighted by atomic mass is 10.1. The smallest absolute Gasteiger partial charge is 0.253 e. The van der Waals surface area contributed by atoms with Gasteiger partial charge in [-0.2, -0.15) is 0 Å². The molecule has 0 spiro atoms. The van der Waals surface area contributed by atoms with E-state index in [2.05, 4.69) is 34.4 Å². The summed E-state index contributed by atoms with van der Waals surface area (Å²) in [6, 6.07) is 22.5. The van der Waals surface area contributed by atoms with Gasteiger partial charge in [0, 0.05) is 43.9 Å². The Morgan fingerprint density at radius 2 is 1.71 bits per heavy atom. The van der Waals surface area contributed by atoms with Crippen molar-refractivity contribution in [2.45, 2.75) is 13.5 Å². The molecule has 7 heteroatoms. The molecule has 0 N–H and O–H groups in total. The molecule has 3 heterocycles. The van der Waals surface area contributed by atoms with Crippen LogP contribution in [0.15, 0.2) is 72.8 Å². The third-order valence-electron chi connectivity index (χ3n) is 6.67. The van der Waals surface area contributed by atoms with Gasteiger partial charge >= 0.3 is 0 Å². The lowest BCUT2D eigenvalue weighted by Gasteiger charge is -2.34. The maximum Gasteiger partial charge on any atom is 0.253 e. The molecule has 0 atom stereocenters. The van der Waals surface area contributed by atoms with Crippen molar-refractivity contribution in [3.8, 4) is 11.3 Å². The van der Waals surface area contributed by atoms with Gasteiger partial charge in [0.05, 0.1) is 21.6 Å². The molecule has 35 heavy (non-hydrogen) atoms. The van der Waals surface area contributed by atoms with Gasteiger partial charge in [0.15, 0.2) is 4.96 Å². The Morgan fingerprint density at radius 3 is 2.46 bits per heavy atom. The maximum absolute atomic E-state index is 13.6. The zero-order chi connectivity index (χ0) is 23.9. The molecule has 2 aromatic heterocycles. The van der Waals surface area contributed by atoms with E-state index in [1.807, 2.05) is 35.2 Å². The number of carbonyl (C=O) groups excluding carboxylic acids is 1. The van der Waals surface area contributed by atoms with Crippen LogP contribution in [0.4, 0.5) is 4.39 Å². The molecule has 0 radical (unpaired) electrons. The molecule has 5 nitrogen and oxygen atoms in total. The molecule has 6 rings (SSSR count). The van der Waals surface area contributed by atoms with Gasteiger partial charge in [0.2, 0.25) is 0 Å². The van der Waals surface area contributed by atoms with Crippen molar-refractivity contribution in [3.63, 3.8) is 0 Å². The van der Waals surface area contributed by atoms with Crippen molar-refractivity contribution in [2.24, 2.45) is 0 Å². The number of nitrogens with zero attached hydrogens (tertiary/aromatic N) is 4. The van der Waals surface area contributed by atoms with Crippen LogP contribution in [0.1, 0.15) is 21.6 Å². The fourth-order valence-electron chi connectivity index (χ4n) is 4.80. The summed E-state index contributed by atoms with van der Waals surface area (Å²) < 4.78 is 17.1. The first kappa shape index (κ1) is 21.9. The lowest BCUT2D eigenvalue weighted by molar-refractivity contribution is 0.0627. The van der Waals surface area contributed by atoms with Gasteiger partial charge in [-0.3, -0.25) is 14.1 Å². The van der Waals surface area contributed by atoms with E-state index in [0.29, 0.717) is 19.6 Å². The van der Waals surface area contributed by atoms with Gasteiger partial charge in [0.25, 0.3) is 5.91 Å². The van der Waals surface area contributed by atoms with Crippen molar-refractivity contribution in [2.75, 3.05) is 26.2 Å². The summed E-state index contributed by atoms with van der Waals surface area (Å²) in [7, 11) is 0. The summed E-state index contributed by atoms with van der Waals surface area (Å²) in [6.07, 6.45) is 0. The largest absolute Gasteiger partial charge is 0.336 e. The van der Waals surface area contributed by atoms with Crippen LogP contribution >= 0.6 is 11.3 Å². The molecule has 5 aromatic rings. The Labute approximate surface area is 207 Å². The highest BCUT2D eigenvalue weighted by Gasteiger charge is 2.25. The number of halogens is 1. The molecule has 0 bridgehead atoms. The Balaban J connectivity index is 1.32. The number of piperazine rings is 1. The van der Waals surface area contributed by atoms with Gasteiger partial charge in [-0.1, -0.05) is 35.6 Å². The van der Waals surface area contributed by atoms with E-state index in [0.717, 1.165) is 46.1 Å². The van der Waals surface area contributed by atoms with Crippen LogP contribution in [0.3, 0.4) is 0 Å². The number of hydrogen-bond acceptors (Lipinski definition) is 4. The van der Waals surface area contributed by atoms with Gasteiger partial charge in [-0.25, -0.2) is 9.37 Å². The van der Waals surface area contributed by atoms with E-state index in [1.54, 1.807) is 23.5 Å². The summed E-state index contributed by atoms with van der Waals surface area (Å²) in [4.78, 5) is 23.1. The number of thiazole rings is 1. The standard InChI is InChI=1S/C28H25FN4OS/c1-19-7-12-23-25(17-19)35-28-30-26(20-8-10-22(29)11-9-20)24(33(23)28)18-31-13-15-32(16-14-31)27(34)21-5-3-2-4-6-21/h2-12,17H,13-16,18H2,1H3. The van der Waals surface area contributed by atoms with Crippen LogP contribution in [0, 0.1) is 12.7 Å². The van der Waals surface area contributed by atoms with Crippen molar-refractivity contribution in [1.29, 1.82) is 0 Å². The normalized spacial score (nSPS) is 14.7. The minimum absolute atomic E-state index is 0.0863. The highest BCUT2D eigenvalue weighted by Crippen LogP contribution is 2.34. The fraction of sp³-hybridized carbons (Fsp3) is 0.214. The molecule has 1 aliphatic heterocycles. The van der Waals surface area contributed by atoms with Gasteiger partial charge < -0.3 is 4.90 Å². The Hall–Kier alpha value is -3.55. The van der Waals surface area contributed by atoms with Gasteiger partial charge in [0.1, 0.15) is 5.82 Å². The minimum Gasteiger partial charge on any atom is -0.336 e. The summed E-state index contributed by atoms with van der Waals surface area (Å²) in [5.41, 5.74) is 6.00. The summed E-state index contributed by atoms with van der Waals surface area (Å²) in [5, 5.41) is 0. The van der Waals surface area contributed by atoms with E-state index in [1.165, 1.54) is 22.4 Å². The molecule has 1 fully saturated rings. The van der Waals surface area contributed by atoms with Crippen molar-refractivity contribution < 1.29 is 9.18 Å². The van der Waals surface area contributed by atoms with E-state index < -0.39 is 0 Å². The Bertz CT molecular complexity index is 1520. The van der Waals surface area contributed by atoms with Crippen LogP contribution in [0.2, 0.25) is 0 Å². The predicted octanol–water partition coefficient (Wildman–Crippen LogP) is 5.62. The third kappa shape index (κ3) is 4.11. The minimum atomic E-state index is -0.253. The molecule has 176 valence electrons. The number of aryl methyl sites for hydroxylation is 1. The van der Waals surface area contributed by atoms with Crippen LogP contribution in [0.5, 0.6) is 0 Å². The van der Waals surface area contributed by atoms with Crippen LogP contribution < -0.4 is 0 Å². The zero-order valence-electron chi connectivity index (χ0n) is 19.4. The van der Waals surface area contributed by atoms with Gasteiger partial charge in [-0.05, 0) is 61.0 Å². The first-order valence-corrected chi connectivity index (χ1v) is 12.6. The molecule has 1 saturated heterocycles. The highest BCUT2D eigenvalue weighted by molar-refractivity contribution is 7.23. The predicted molar refractivity (Wildman–Crippen MR) is 138 cm³/mol. The first-order chi connectivity index (χ1) is 17.1. The number of fused-ring (bicyclic) bond motifs is 3. The molecule has 3 aromatic carbocycles. The topological polar surface area (TPSA) is 40.9 Å².